The van der Waals surface area contributed by atoms with Gasteiger partial charge in [0.2, 0.25) is 11.8 Å². The number of fused-ring (bicyclic) bond motifs is 2. The molecule has 0 radical (unpaired) electrons. The molecule has 1 fully saturated rings. The minimum absolute atomic E-state index is 0.102. The summed E-state index contributed by atoms with van der Waals surface area (Å²) in [5.74, 6) is -1.14. The summed E-state index contributed by atoms with van der Waals surface area (Å²) in [7, 11) is 0. The highest BCUT2D eigenvalue weighted by molar-refractivity contribution is 6.23. The Morgan fingerprint density at radius 3 is 2.73 bits per heavy atom. The zero-order valence-electron chi connectivity index (χ0n) is 16.1. The fourth-order valence-corrected chi connectivity index (χ4v) is 4.21. The number of hydrogen-bond acceptors (Lipinski definition) is 7. The van der Waals surface area contributed by atoms with E-state index in [9.17, 15) is 19.2 Å². The fraction of sp³-hybridized carbons (Fsp3) is 0.286. The summed E-state index contributed by atoms with van der Waals surface area (Å²) in [6, 6.07) is 8.06. The summed E-state index contributed by atoms with van der Waals surface area (Å²) in [6.45, 7) is 2.08. The Balaban J connectivity index is 1.41. The highest BCUT2D eigenvalue weighted by Crippen LogP contribution is 2.30. The number of rotatable bonds is 3. The minimum Gasteiger partial charge on any atom is -0.380 e. The van der Waals surface area contributed by atoms with Gasteiger partial charge in [-0.05, 0) is 36.2 Å². The molecular weight excluding hydrogens is 386 g/mol. The second kappa shape index (κ2) is 6.94. The van der Waals surface area contributed by atoms with Gasteiger partial charge in [-0.25, -0.2) is 4.98 Å². The quantitative estimate of drug-likeness (QED) is 0.730. The van der Waals surface area contributed by atoms with Crippen LogP contribution >= 0.6 is 0 Å². The third kappa shape index (κ3) is 2.90. The summed E-state index contributed by atoms with van der Waals surface area (Å²) >= 11 is 0. The number of nitrogens with zero attached hydrogens (tertiary/aromatic N) is 3. The number of hydrogen-bond donors (Lipinski definition) is 2. The topological polar surface area (TPSA) is 112 Å². The lowest BCUT2D eigenvalue weighted by atomic mass is 10.0. The Morgan fingerprint density at radius 2 is 1.90 bits per heavy atom. The molecule has 1 aromatic heterocycles. The van der Waals surface area contributed by atoms with Crippen molar-refractivity contribution in [2.75, 3.05) is 23.3 Å². The van der Waals surface area contributed by atoms with Gasteiger partial charge in [0.05, 0.1) is 16.8 Å². The van der Waals surface area contributed by atoms with Gasteiger partial charge in [-0.1, -0.05) is 6.07 Å². The predicted molar refractivity (Wildman–Crippen MR) is 107 cm³/mol. The van der Waals surface area contributed by atoms with Crippen molar-refractivity contribution < 1.29 is 19.2 Å². The molecule has 1 saturated heterocycles. The zero-order chi connectivity index (χ0) is 20.8. The lowest BCUT2D eigenvalue weighted by Crippen LogP contribution is -2.54. The molecule has 0 aliphatic carbocycles. The molecule has 1 atom stereocenters. The van der Waals surface area contributed by atoms with E-state index in [0.29, 0.717) is 12.1 Å². The molecule has 3 aliphatic heterocycles. The Morgan fingerprint density at radius 1 is 1.07 bits per heavy atom. The van der Waals surface area contributed by atoms with E-state index in [1.807, 2.05) is 18.2 Å². The minimum atomic E-state index is -0.956. The zero-order valence-corrected chi connectivity index (χ0v) is 16.1. The molecule has 152 valence electrons. The SMILES string of the molecule is O=C1CCC(N2C(=O)c3ccc(CN4CCNc5cccnc54)cc3C2=O)C(=O)N1. The smallest absolute Gasteiger partial charge is 0.262 e. The molecule has 9 nitrogen and oxygen atoms in total. The number of amides is 4. The van der Waals surface area contributed by atoms with Gasteiger partial charge in [-0.2, -0.15) is 0 Å². The molecule has 0 saturated carbocycles. The normalized spacial score (nSPS) is 20.6. The molecule has 5 rings (SSSR count). The number of nitrogens with one attached hydrogen (secondary N) is 2. The van der Waals surface area contributed by atoms with Crippen molar-refractivity contribution in [3.63, 3.8) is 0 Å². The van der Waals surface area contributed by atoms with Gasteiger partial charge in [0, 0.05) is 32.3 Å². The van der Waals surface area contributed by atoms with E-state index >= 15 is 0 Å². The van der Waals surface area contributed by atoms with Crippen LogP contribution in [-0.2, 0) is 16.1 Å². The third-order valence-electron chi connectivity index (χ3n) is 5.66. The van der Waals surface area contributed by atoms with E-state index in [2.05, 4.69) is 20.5 Å². The highest BCUT2D eigenvalue weighted by atomic mass is 16.2. The number of piperidine rings is 1. The molecule has 0 bridgehead atoms. The van der Waals surface area contributed by atoms with Crippen LogP contribution in [-0.4, -0.2) is 52.6 Å². The van der Waals surface area contributed by atoms with Crippen LogP contribution in [0.1, 0.15) is 39.1 Å². The second-order valence-corrected chi connectivity index (χ2v) is 7.55. The number of benzene rings is 1. The molecule has 30 heavy (non-hydrogen) atoms. The van der Waals surface area contributed by atoms with Gasteiger partial charge >= 0.3 is 0 Å². The Kier molecular flexibility index (Phi) is 4.23. The fourth-order valence-electron chi connectivity index (χ4n) is 4.21. The highest BCUT2D eigenvalue weighted by Gasteiger charge is 2.44. The lowest BCUT2D eigenvalue weighted by Gasteiger charge is -2.30. The Hall–Kier alpha value is -3.75. The van der Waals surface area contributed by atoms with Crippen molar-refractivity contribution in [1.29, 1.82) is 0 Å². The molecular formula is C21H19N5O4. The van der Waals surface area contributed by atoms with E-state index < -0.39 is 23.8 Å². The molecule has 4 heterocycles. The molecule has 3 aliphatic rings. The molecule has 9 heteroatoms. The van der Waals surface area contributed by atoms with Crippen molar-refractivity contribution in [3.05, 3.63) is 53.2 Å². The van der Waals surface area contributed by atoms with Crippen LogP contribution in [0.4, 0.5) is 11.5 Å². The Labute approximate surface area is 172 Å². The number of carbonyl (C=O) groups is 4. The van der Waals surface area contributed by atoms with Gasteiger partial charge in [0.1, 0.15) is 6.04 Å². The molecule has 0 spiro atoms. The number of imide groups is 2. The van der Waals surface area contributed by atoms with Gasteiger partial charge < -0.3 is 10.2 Å². The Bertz CT molecular complexity index is 1100. The molecule has 4 amide bonds. The van der Waals surface area contributed by atoms with Crippen LogP contribution in [0.3, 0.4) is 0 Å². The van der Waals surface area contributed by atoms with E-state index in [0.717, 1.165) is 35.1 Å². The van der Waals surface area contributed by atoms with Gasteiger partial charge in [0.25, 0.3) is 11.8 Å². The van der Waals surface area contributed by atoms with Crippen molar-refractivity contribution in [1.82, 2.24) is 15.2 Å². The van der Waals surface area contributed by atoms with E-state index in [1.54, 1.807) is 18.3 Å². The predicted octanol–water partition coefficient (Wildman–Crippen LogP) is 0.915. The van der Waals surface area contributed by atoms with Crippen LogP contribution in [0.25, 0.3) is 0 Å². The molecule has 1 unspecified atom stereocenters. The van der Waals surface area contributed by atoms with Crippen molar-refractivity contribution in [3.8, 4) is 0 Å². The molecule has 2 N–H and O–H groups in total. The first-order chi connectivity index (χ1) is 14.5. The van der Waals surface area contributed by atoms with Crippen molar-refractivity contribution >= 4 is 35.1 Å². The standard InChI is InChI=1S/C21H19N5O4/c27-17-6-5-16(19(28)24-17)26-20(29)13-4-3-12(10-14(13)21(26)30)11-25-9-8-22-15-2-1-7-23-18(15)25/h1-4,7,10,16,22H,5-6,8-9,11H2,(H,24,27,28). The maximum atomic E-state index is 13.0. The van der Waals surface area contributed by atoms with Gasteiger partial charge in [-0.15, -0.1) is 0 Å². The summed E-state index contributed by atoms with van der Waals surface area (Å²) < 4.78 is 0. The number of aromatic nitrogens is 1. The summed E-state index contributed by atoms with van der Waals surface area (Å²) in [6.07, 6.45) is 1.98. The van der Waals surface area contributed by atoms with E-state index in [-0.39, 0.29) is 24.3 Å². The van der Waals surface area contributed by atoms with Crippen LogP contribution in [0, 0.1) is 0 Å². The van der Waals surface area contributed by atoms with Crippen molar-refractivity contribution in [2.45, 2.75) is 25.4 Å². The number of anilines is 2. The maximum absolute atomic E-state index is 13.0. The van der Waals surface area contributed by atoms with Crippen LogP contribution in [0.5, 0.6) is 0 Å². The summed E-state index contributed by atoms with van der Waals surface area (Å²) in [4.78, 5) is 56.9. The van der Waals surface area contributed by atoms with Gasteiger partial charge in [0.15, 0.2) is 5.82 Å². The first-order valence-corrected chi connectivity index (χ1v) is 9.81. The van der Waals surface area contributed by atoms with E-state index in [4.69, 9.17) is 0 Å². The summed E-state index contributed by atoms with van der Waals surface area (Å²) in [5, 5.41) is 5.52. The van der Waals surface area contributed by atoms with Gasteiger partial charge in [-0.3, -0.25) is 29.4 Å². The largest absolute Gasteiger partial charge is 0.380 e. The number of carbonyl (C=O) groups excluding carboxylic acids is 4. The van der Waals surface area contributed by atoms with Crippen LogP contribution in [0.2, 0.25) is 0 Å². The number of pyridine rings is 1. The summed E-state index contributed by atoms with van der Waals surface area (Å²) in [5.41, 5.74) is 2.41. The first-order valence-electron chi connectivity index (χ1n) is 9.81. The molecule has 1 aromatic carbocycles. The third-order valence-corrected chi connectivity index (χ3v) is 5.66. The van der Waals surface area contributed by atoms with Crippen LogP contribution < -0.4 is 15.5 Å². The second-order valence-electron chi connectivity index (χ2n) is 7.55. The maximum Gasteiger partial charge on any atom is 0.262 e. The average Bonchev–Trinajstić information content (AvgIpc) is 2.99. The lowest BCUT2D eigenvalue weighted by molar-refractivity contribution is -0.136. The average molecular weight is 405 g/mol. The van der Waals surface area contributed by atoms with E-state index in [1.165, 1.54) is 0 Å². The molecule has 2 aromatic rings. The van der Waals surface area contributed by atoms with Crippen molar-refractivity contribution in [2.24, 2.45) is 0 Å². The monoisotopic (exact) mass is 405 g/mol. The first kappa shape index (κ1) is 18.3. The van der Waals surface area contributed by atoms with Crippen LogP contribution in [0.15, 0.2) is 36.5 Å².